The largest absolute Gasteiger partial charge is 0.492 e. The van der Waals surface area contributed by atoms with E-state index in [0.717, 1.165) is 11.3 Å². The Kier molecular flexibility index (Phi) is 3.74. The van der Waals surface area contributed by atoms with Gasteiger partial charge >= 0.3 is 0 Å². The topological polar surface area (TPSA) is 81.0 Å². The molecule has 0 aliphatic carbocycles. The number of aryl methyl sites for hydroxylation is 1. The summed E-state index contributed by atoms with van der Waals surface area (Å²) in [6, 6.07) is 8.88. The van der Waals surface area contributed by atoms with Crippen LogP contribution in [-0.4, -0.2) is 23.1 Å². The summed E-state index contributed by atoms with van der Waals surface area (Å²) in [5.74, 6) is 1.35. The molecule has 94 valence electrons. The van der Waals surface area contributed by atoms with Crippen LogP contribution in [0, 0.1) is 6.92 Å². The number of nitrogens with one attached hydrogen (secondary N) is 1. The summed E-state index contributed by atoms with van der Waals surface area (Å²) in [5.41, 5.74) is 6.74. The molecule has 0 unspecified atom stereocenters. The van der Waals surface area contributed by atoms with Crippen LogP contribution in [0.2, 0.25) is 0 Å². The smallest absolute Gasteiger partial charge is 0.251 e. The maximum Gasteiger partial charge on any atom is 0.251 e. The zero-order chi connectivity index (χ0) is 13.0. The molecule has 0 bridgehead atoms. The molecule has 1 aromatic heterocycles. The normalized spacial score (nSPS) is 10.3. The van der Waals surface area contributed by atoms with Crippen LogP contribution in [0.3, 0.4) is 0 Å². The first-order chi connectivity index (χ1) is 8.69. The third-order valence-corrected chi connectivity index (χ3v) is 2.40. The molecule has 3 N–H and O–H groups in total. The van der Waals surface area contributed by atoms with Crippen LogP contribution >= 0.6 is 0 Å². The molecule has 0 amide bonds. The number of H-pyrrole nitrogens is 1. The monoisotopic (exact) mass is 245 g/mol. The lowest BCUT2D eigenvalue weighted by atomic mass is 10.1. The fourth-order valence-corrected chi connectivity index (χ4v) is 1.63. The van der Waals surface area contributed by atoms with Gasteiger partial charge in [0.05, 0.1) is 5.69 Å². The molecule has 1 heterocycles. The first-order valence-electron chi connectivity index (χ1n) is 5.70. The number of rotatable bonds is 4. The highest BCUT2D eigenvalue weighted by atomic mass is 16.5. The van der Waals surface area contributed by atoms with Crippen molar-refractivity contribution in [3.8, 4) is 17.0 Å². The Morgan fingerprint density at radius 2 is 2.06 bits per heavy atom. The second-order valence-electron chi connectivity index (χ2n) is 3.88. The molecule has 5 nitrogen and oxygen atoms in total. The highest BCUT2D eigenvalue weighted by Gasteiger charge is 2.02. The third kappa shape index (κ3) is 2.95. The molecule has 0 radical (unpaired) electrons. The molecule has 5 heteroatoms. The van der Waals surface area contributed by atoms with E-state index in [1.807, 2.05) is 24.3 Å². The number of aromatic nitrogens is 2. The van der Waals surface area contributed by atoms with Crippen LogP contribution in [0.4, 0.5) is 0 Å². The van der Waals surface area contributed by atoms with Gasteiger partial charge in [-0.15, -0.1) is 0 Å². The highest BCUT2D eigenvalue weighted by Crippen LogP contribution is 2.19. The Labute approximate surface area is 105 Å². The van der Waals surface area contributed by atoms with Gasteiger partial charge in [0.25, 0.3) is 5.56 Å². The van der Waals surface area contributed by atoms with Gasteiger partial charge in [-0.3, -0.25) is 4.79 Å². The molecule has 0 aliphatic rings. The summed E-state index contributed by atoms with van der Waals surface area (Å²) in [7, 11) is 0. The maximum absolute atomic E-state index is 11.4. The summed E-state index contributed by atoms with van der Waals surface area (Å²) >= 11 is 0. The second-order valence-corrected chi connectivity index (χ2v) is 3.88. The van der Waals surface area contributed by atoms with Gasteiger partial charge in [-0.1, -0.05) is 0 Å². The van der Waals surface area contributed by atoms with E-state index >= 15 is 0 Å². The molecule has 0 saturated carbocycles. The molecule has 0 spiro atoms. The predicted molar refractivity (Wildman–Crippen MR) is 69.6 cm³/mol. The fourth-order valence-electron chi connectivity index (χ4n) is 1.63. The second kappa shape index (κ2) is 5.46. The molecule has 0 aliphatic heterocycles. The fraction of sp³-hybridized carbons (Fsp3) is 0.231. The average Bonchev–Trinajstić information content (AvgIpc) is 2.36. The first kappa shape index (κ1) is 12.3. The van der Waals surface area contributed by atoms with Crippen molar-refractivity contribution in [2.45, 2.75) is 6.92 Å². The Balaban J connectivity index is 2.25. The van der Waals surface area contributed by atoms with Crippen LogP contribution < -0.4 is 16.0 Å². The van der Waals surface area contributed by atoms with Crippen molar-refractivity contribution in [1.82, 2.24) is 9.97 Å². The summed E-state index contributed by atoms with van der Waals surface area (Å²) in [5, 5.41) is 0. The summed E-state index contributed by atoms with van der Waals surface area (Å²) in [4.78, 5) is 18.3. The SMILES string of the molecule is Cc1nc(-c2ccc(OCCN)cc2)cc(=O)[nH]1. The van der Waals surface area contributed by atoms with Gasteiger partial charge < -0.3 is 15.5 Å². The van der Waals surface area contributed by atoms with Crippen molar-refractivity contribution in [2.24, 2.45) is 5.73 Å². The molecular weight excluding hydrogens is 230 g/mol. The Hall–Kier alpha value is -2.14. The molecule has 0 saturated heterocycles. The van der Waals surface area contributed by atoms with Gasteiger partial charge in [-0.05, 0) is 31.2 Å². The molecule has 0 atom stereocenters. The number of ether oxygens (including phenoxy) is 1. The number of nitrogens with zero attached hydrogens (tertiary/aromatic N) is 1. The number of hydrogen-bond donors (Lipinski definition) is 2. The zero-order valence-corrected chi connectivity index (χ0v) is 10.1. The van der Waals surface area contributed by atoms with E-state index < -0.39 is 0 Å². The third-order valence-electron chi connectivity index (χ3n) is 2.40. The molecule has 2 aromatic rings. The van der Waals surface area contributed by atoms with Crippen LogP contribution in [0.15, 0.2) is 35.1 Å². The lowest BCUT2D eigenvalue weighted by molar-refractivity contribution is 0.328. The van der Waals surface area contributed by atoms with E-state index in [0.29, 0.717) is 24.7 Å². The summed E-state index contributed by atoms with van der Waals surface area (Å²) in [6.07, 6.45) is 0. The lowest BCUT2D eigenvalue weighted by Crippen LogP contribution is -2.10. The zero-order valence-electron chi connectivity index (χ0n) is 10.1. The van der Waals surface area contributed by atoms with Crippen molar-refractivity contribution in [3.63, 3.8) is 0 Å². The first-order valence-corrected chi connectivity index (χ1v) is 5.70. The van der Waals surface area contributed by atoms with Crippen molar-refractivity contribution in [1.29, 1.82) is 0 Å². The maximum atomic E-state index is 11.4. The van der Waals surface area contributed by atoms with E-state index in [-0.39, 0.29) is 5.56 Å². The molecule has 18 heavy (non-hydrogen) atoms. The van der Waals surface area contributed by atoms with Crippen molar-refractivity contribution in [2.75, 3.05) is 13.2 Å². The Bertz CT molecular complexity index is 576. The molecule has 1 aromatic carbocycles. The molecular formula is C13H15N3O2. The summed E-state index contributed by atoms with van der Waals surface area (Å²) < 4.78 is 5.38. The van der Waals surface area contributed by atoms with Crippen LogP contribution in [-0.2, 0) is 0 Å². The number of nitrogens with two attached hydrogens (primary N) is 1. The number of benzene rings is 1. The van der Waals surface area contributed by atoms with Gasteiger partial charge in [0.2, 0.25) is 0 Å². The van der Waals surface area contributed by atoms with Gasteiger partial charge in [0, 0.05) is 18.2 Å². The highest BCUT2D eigenvalue weighted by molar-refractivity contribution is 5.59. The molecule has 0 fully saturated rings. The van der Waals surface area contributed by atoms with E-state index in [9.17, 15) is 4.79 Å². The van der Waals surface area contributed by atoms with Gasteiger partial charge in [-0.2, -0.15) is 0 Å². The standard InChI is InChI=1S/C13H15N3O2/c1-9-15-12(8-13(17)16-9)10-2-4-11(5-3-10)18-7-6-14/h2-5,8H,6-7,14H2,1H3,(H,15,16,17). The number of hydrogen-bond acceptors (Lipinski definition) is 4. The van der Waals surface area contributed by atoms with E-state index in [2.05, 4.69) is 9.97 Å². The molecule has 2 rings (SSSR count). The van der Waals surface area contributed by atoms with Gasteiger partial charge in [0.15, 0.2) is 0 Å². The van der Waals surface area contributed by atoms with E-state index in [1.165, 1.54) is 6.07 Å². The van der Waals surface area contributed by atoms with E-state index in [1.54, 1.807) is 6.92 Å². The van der Waals surface area contributed by atoms with Crippen molar-refractivity contribution in [3.05, 3.63) is 46.5 Å². The minimum atomic E-state index is -0.152. The average molecular weight is 245 g/mol. The minimum absolute atomic E-state index is 0.152. The van der Waals surface area contributed by atoms with Gasteiger partial charge in [-0.25, -0.2) is 4.98 Å². The van der Waals surface area contributed by atoms with Crippen LogP contribution in [0.5, 0.6) is 5.75 Å². The Morgan fingerprint density at radius 3 is 2.67 bits per heavy atom. The van der Waals surface area contributed by atoms with Crippen LogP contribution in [0.25, 0.3) is 11.3 Å². The quantitative estimate of drug-likeness (QED) is 0.844. The number of aromatic amines is 1. The minimum Gasteiger partial charge on any atom is -0.492 e. The van der Waals surface area contributed by atoms with Crippen molar-refractivity contribution >= 4 is 0 Å². The van der Waals surface area contributed by atoms with E-state index in [4.69, 9.17) is 10.5 Å². The lowest BCUT2D eigenvalue weighted by Gasteiger charge is -2.06. The van der Waals surface area contributed by atoms with Crippen molar-refractivity contribution < 1.29 is 4.74 Å². The van der Waals surface area contributed by atoms with Crippen LogP contribution in [0.1, 0.15) is 5.82 Å². The summed E-state index contributed by atoms with van der Waals surface area (Å²) in [6.45, 7) is 2.72. The predicted octanol–water partition coefficient (Wildman–Crippen LogP) is 1.08. The Morgan fingerprint density at radius 1 is 1.33 bits per heavy atom. The van der Waals surface area contributed by atoms with Gasteiger partial charge in [0.1, 0.15) is 18.2 Å².